The van der Waals surface area contributed by atoms with Gasteiger partial charge < -0.3 is 14.2 Å². The SMILES string of the molecule is COc1cccc(N=Cc2ccc(OC(=O)c3ccccc3)c(OC)c2)c1. The monoisotopic (exact) mass is 361 g/mol. The molecular weight excluding hydrogens is 342 g/mol. The molecule has 0 unspecified atom stereocenters. The number of nitrogens with zero attached hydrogens (tertiary/aromatic N) is 1. The summed E-state index contributed by atoms with van der Waals surface area (Å²) in [5.74, 6) is 1.11. The van der Waals surface area contributed by atoms with Gasteiger partial charge in [0, 0.05) is 12.3 Å². The highest BCUT2D eigenvalue weighted by atomic mass is 16.6. The van der Waals surface area contributed by atoms with Gasteiger partial charge in [0.05, 0.1) is 25.5 Å². The number of ether oxygens (including phenoxy) is 3. The van der Waals surface area contributed by atoms with E-state index in [1.165, 1.54) is 7.11 Å². The van der Waals surface area contributed by atoms with Gasteiger partial charge in [0.25, 0.3) is 0 Å². The van der Waals surface area contributed by atoms with Crippen LogP contribution in [0, 0.1) is 0 Å². The normalized spacial score (nSPS) is 10.6. The van der Waals surface area contributed by atoms with Crippen LogP contribution in [0.4, 0.5) is 5.69 Å². The van der Waals surface area contributed by atoms with E-state index >= 15 is 0 Å². The Bertz CT molecular complexity index is 952. The number of carbonyl (C=O) groups excluding carboxylic acids is 1. The lowest BCUT2D eigenvalue weighted by Crippen LogP contribution is -2.09. The van der Waals surface area contributed by atoms with Crippen LogP contribution in [0.25, 0.3) is 0 Å². The Hall–Kier alpha value is -3.60. The third-order valence-corrected chi connectivity index (χ3v) is 3.82. The number of benzene rings is 3. The van der Waals surface area contributed by atoms with Crippen molar-refractivity contribution in [1.29, 1.82) is 0 Å². The van der Waals surface area contributed by atoms with Crippen LogP contribution in [0.2, 0.25) is 0 Å². The Kier molecular flexibility index (Phi) is 5.84. The molecule has 5 heteroatoms. The van der Waals surface area contributed by atoms with Gasteiger partial charge in [0.2, 0.25) is 0 Å². The molecule has 3 rings (SSSR count). The number of methoxy groups -OCH3 is 2. The molecule has 3 aromatic rings. The van der Waals surface area contributed by atoms with Gasteiger partial charge in [-0.05, 0) is 48.0 Å². The second-order valence-corrected chi connectivity index (χ2v) is 5.63. The first-order valence-electron chi connectivity index (χ1n) is 8.33. The molecule has 0 spiro atoms. The van der Waals surface area contributed by atoms with Crippen LogP contribution >= 0.6 is 0 Å². The van der Waals surface area contributed by atoms with Crippen LogP contribution in [-0.2, 0) is 0 Å². The molecule has 0 radical (unpaired) electrons. The van der Waals surface area contributed by atoms with Crippen LogP contribution in [-0.4, -0.2) is 26.4 Å². The fourth-order valence-electron chi connectivity index (χ4n) is 2.42. The van der Waals surface area contributed by atoms with E-state index < -0.39 is 5.97 Å². The summed E-state index contributed by atoms with van der Waals surface area (Å²) in [7, 11) is 3.14. The zero-order chi connectivity index (χ0) is 19.1. The molecule has 0 amide bonds. The van der Waals surface area contributed by atoms with Gasteiger partial charge in [-0.3, -0.25) is 4.99 Å². The van der Waals surface area contributed by atoms with Crippen molar-refractivity contribution >= 4 is 17.9 Å². The molecule has 0 saturated carbocycles. The van der Waals surface area contributed by atoms with Gasteiger partial charge in [-0.25, -0.2) is 4.79 Å². The van der Waals surface area contributed by atoms with Gasteiger partial charge in [0.15, 0.2) is 11.5 Å². The molecule has 0 aliphatic carbocycles. The molecule has 0 N–H and O–H groups in total. The maximum absolute atomic E-state index is 12.2. The molecule has 3 aromatic carbocycles. The summed E-state index contributed by atoms with van der Waals surface area (Å²) in [4.78, 5) is 16.7. The topological polar surface area (TPSA) is 57.1 Å². The second kappa shape index (κ2) is 8.67. The maximum atomic E-state index is 12.2. The van der Waals surface area contributed by atoms with Crippen LogP contribution < -0.4 is 14.2 Å². The van der Waals surface area contributed by atoms with E-state index in [1.807, 2.05) is 30.3 Å². The molecule has 0 aliphatic rings. The molecule has 0 aromatic heterocycles. The summed E-state index contributed by atoms with van der Waals surface area (Å²) in [6.07, 6.45) is 1.71. The molecule has 136 valence electrons. The van der Waals surface area contributed by atoms with Gasteiger partial charge in [-0.2, -0.15) is 0 Å². The summed E-state index contributed by atoms with van der Waals surface area (Å²) in [5.41, 5.74) is 2.06. The van der Waals surface area contributed by atoms with Crippen LogP contribution in [0.1, 0.15) is 15.9 Å². The molecule has 0 atom stereocenters. The van der Waals surface area contributed by atoms with Gasteiger partial charge in [-0.15, -0.1) is 0 Å². The molecular formula is C22H19NO4. The summed E-state index contributed by atoms with van der Waals surface area (Å²) in [6.45, 7) is 0. The average molecular weight is 361 g/mol. The first-order chi connectivity index (χ1) is 13.2. The zero-order valence-electron chi connectivity index (χ0n) is 15.1. The van der Waals surface area contributed by atoms with E-state index in [2.05, 4.69) is 4.99 Å². The Morgan fingerprint density at radius 3 is 2.41 bits per heavy atom. The van der Waals surface area contributed by atoms with Gasteiger partial charge >= 0.3 is 5.97 Å². The highest BCUT2D eigenvalue weighted by Crippen LogP contribution is 2.29. The van der Waals surface area contributed by atoms with Crippen LogP contribution in [0.15, 0.2) is 77.8 Å². The third kappa shape index (κ3) is 4.73. The first kappa shape index (κ1) is 18.2. The zero-order valence-corrected chi connectivity index (χ0v) is 15.1. The van der Waals surface area contributed by atoms with E-state index in [9.17, 15) is 4.79 Å². The van der Waals surface area contributed by atoms with Crippen molar-refractivity contribution in [2.24, 2.45) is 4.99 Å². The van der Waals surface area contributed by atoms with Crippen molar-refractivity contribution < 1.29 is 19.0 Å². The smallest absolute Gasteiger partial charge is 0.343 e. The molecule has 0 heterocycles. The van der Waals surface area contributed by atoms with E-state index in [4.69, 9.17) is 14.2 Å². The number of hydrogen-bond donors (Lipinski definition) is 0. The molecule has 27 heavy (non-hydrogen) atoms. The lowest BCUT2D eigenvalue weighted by atomic mass is 10.2. The van der Waals surface area contributed by atoms with Crippen LogP contribution in [0.3, 0.4) is 0 Å². The number of aliphatic imine (C=N–C) groups is 1. The Morgan fingerprint density at radius 1 is 0.852 bits per heavy atom. The minimum absolute atomic E-state index is 0.352. The molecule has 0 fully saturated rings. The van der Waals surface area contributed by atoms with E-state index in [0.717, 1.165) is 17.0 Å². The van der Waals surface area contributed by atoms with E-state index in [-0.39, 0.29) is 0 Å². The Labute approximate surface area is 157 Å². The van der Waals surface area contributed by atoms with Crippen LogP contribution in [0.5, 0.6) is 17.2 Å². The number of carbonyl (C=O) groups is 1. The standard InChI is InChI=1S/C22H19NO4/c1-25-19-10-6-9-18(14-19)23-15-16-11-12-20(21(13-16)26-2)27-22(24)17-7-4-3-5-8-17/h3-15H,1-2H3. The van der Waals surface area contributed by atoms with Crippen molar-refractivity contribution in [3.8, 4) is 17.2 Å². The summed E-state index contributed by atoms with van der Waals surface area (Å²) < 4.78 is 16.0. The number of rotatable bonds is 6. The highest BCUT2D eigenvalue weighted by Gasteiger charge is 2.12. The predicted octanol–water partition coefficient (Wildman–Crippen LogP) is 4.67. The quantitative estimate of drug-likeness (QED) is 0.364. The van der Waals surface area contributed by atoms with E-state index in [0.29, 0.717) is 17.1 Å². The largest absolute Gasteiger partial charge is 0.497 e. The van der Waals surface area contributed by atoms with Crippen molar-refractivity contribution in [1.82, 2.24) is 0 Å². The first-order valence-corrected chi connectivity index (χ1v) is 8.33. The number of esters is 1. The molecule has 0 bridgehead atoms. The van der Waals surface area contributed by atoms with Crippen molar-refractivity contribution in [2.45, 2.75) is 0 Å². The lowest BCUT2D eigenvalue weighted by Gasteiger charge is -2.10. The maximum Gasteiger partial charge on any atom is 0.343 e. The summed E-state index contributed by atoms with van der Waals surface area (Å²) in [5, 5.41) is 0. The fraction of sp³-hybridized carbons (Fsp3) is 0.0909. The highest BCUT2D eigenvalue weighted by molar-refractivity contribution is 5.91. The second-order valence-electron chi connectivity index (χ2n) is 5.63. The summed E-state index contributed by atoms with van der Waals surface area (Å²) >= 11 is 0. The van der Waals surface area contributed by atoms with Crippen molar-refractivity contribution in [3.05, 3.63) is 83.9 Å². The van der Waals surface area contributed by atoms with E-state index in [1.54, 1.807) is 55.8 Å². The average Bonchev–Trinajstić information content (AvgIpc) is 2.73. The number of hydrogen-bond acceptors (Lipinski definition) is 5. The van der Waals surface area contributed by atoms with Crippen molar-refractivity contribution in [2.75, 3.05) is 14.2 Å². The van der Waals surface area contributed by atoms with Gasteiger partial charge in [-0.1, -0.05) is 24.3 Å². The minimum Gasteiger partial charge on any atom is -0.497 e. The fourth-order valence-corrected chi connectivity index (χ4v) is 2.42. The third-order valence-electron chi connectivity index (χ3n) is 3.82. The Morgan fingerprint density at radius 2 is 1.67 bits per heavy atom. The Balaban J connectivity index is 1.77. The molecule has 5 nitrogen and oxygen atoms in total. The molecule has 0 saturated heterocycles. The predicted molar refractivity (Wildman–Crippen MR) is 105 cm³/mol. The lowest BCUT2D eigenvalue weighted by molar-refractivity contribution is 0.0729. The molecule has 0 aliphatic heterocycles. The van der Waals surface area contributed by atoms with Gasteiger partial charge in [0.1, 0.15) is 5.75 Å². The minimum atomic E-state index is -0.438. The van der Waals surface area contributed by atoms with Crippen molar-refractivity contribution in [3.63, 3.8) is 0 Å². The summed E-state index contributed by atoms with van der Waals surface area (Å²) in [6, 6.07) is 21.5.